The average Bonchev–Trinajstić information content (AvgIpc) is 2.48. The molecular weight excluding hydrogens is 323 g/mol. The van der Waals surface area contributed by atoms with Gasteiger partial charge < -0.3 is 4.98 Å². The van der Waals surface area contributed by atoms with Gasteiger partial charge in [-0.15, -0.1) is 0 Å². The maximum Gasteiger partial charge on any atom is 0.259 e. The third-order valence-corrected chi connectivity index (χ3v) is 3.70. The molecule has 1 aromatic heterocycles. The minimum Gasteiger partial charge on any atom is -0.306 e. The van der Waals surface area contributed by atoms with E-state index in [1.165, 1.54) is 6.07 Å². The number of aromatic nitrogens is 2. The van der Waals surface area contributed by atoms with Crippen LogP contribution in [0.15, 0.2) is 47.3 Å². The second kappa shape index (κ2) is 5.17. The van der Waals surface area contributed by atoms with Gasteiger partial charge in [0.25, 0.3) is 5.56 Å². The van der Waals surface area contributed by atoms with E-state index in [1.807, 2.05) is 0 Å². The molecule has 0 atom stereocenters. The predicted octanol–water partition coefficient (Wildman–Crippen LogP) is 3.62. The number of alkyl halides is 1. The molecule has 3 nitrogen and oxygen atoms in total. The maximum atomic E-state index is 13.9. The molecule has 0 aliphatic rings. The molecule has 0 bridgehead atoms. The summed E-state index contributed by atoms with van der Waals surface area (Å²) in [5.41, 5.74) is 1.49. The van der Waals surface area contributed by atoms with Gasteiger partial charge in [-0.25, -0.2) is 9.37 Å². The number of benzene rings is 2. The fraction of sp³-hybridized carbons (Fsp3) is 0.0667. The van der Waals surface area contributed by atoms with Gasteiger partial charge in [0.2, 0.25) is 0 Å². The summed E-state index contributed by atoms with van der Waals surface area (Å²) in [6.45, 7) is 0. The van der Waals surface area contributed by atoms with Crippen molar-refractivity contribution in [3.05, 3.63) is 64.2 Å². The Morgan fingerprint density at radius 2 is 2.00 bits per heavy atom. The molecule has 0 fully saturated rings. The van der Waals surface area contributed by atoms with Gasteiger partial charge in [-0.2, -0.15) is 0 Å². The van der Waals surface area contributed by atoms with Gasteiger partial charge in [-0.05, 0) is 29.8 Å². The number of H-pyrrole nitrogens is 1. The van der Waals surface area contributed by atoms with E-state index < -0.39 is 5.82 Å². The molecule has 100 valence electrons. The Balaban J connectivity index is 2.27. The lowest BCUT2D eigenvalue weighted by molar-refractivity contribution is 0.629. The Kier molecular flexibility index (Phi) is 3.36. The van der Waals surface area contributed by atoms with E-state index in [-0.39, 0.29) is 11.4 Å². The van der Waals surface area contributed by atoms with Crippen LogP contribution in [0.5, 0.6) is 0 Å². The Bertz CT molecular complexity index is 845. The van der Waals surface area contributed by atoms with E-state index in [0.29, 0.717) is 21.8 Å². The Hall–Kier alpha value is -2.01. The first-order chi connectivity index (χ1) is 9.69. The maximum absolute atomic E-state index is 13.9. The normalized spacial score (nSPS) is 10.9. The molecule has 2 aromatic carbocycles. The molecule has 0 aliphatic carbocycles. The quantitative estimate of drug-likeness (QED) is 0.728. The number of rotatable bonds is 2. The van der Waals surface area contributed by atoms with E-state index in [9.17, 15) is 9.18 Å². The van der Waals surface area contributed by atoms with Gasteiger partial charge in [0.05, 0.1) is 16.5 Å². The minimum atomic E-state index is -0.409. The summed E-state index contributed by atoms with van der Waals surface area (Å²) < 4.78 is 13.9. The second-order valence-corrected chi connectivity index (χ2v) is 4.94. The summed E-state index contributed by atoms with van der Waals surface area (Å²) in [6.07, 6.45) is 0. The number of nitrogens with zero attached hydrogens (tertiary/aromatic N) is 1. The number of hydrogen-bond acceptors (Lipinski definition) is 2. The topological polar surface area (TPSA) is 45.8 Å². The summed E-state index contributed by atoms with van der Waals surface area (Å²) in [7, 11) is 0. The highest BCUT2D eigenvalue weighted by molar-refractivity contribution is 9.08. The third kappa shape index (κ3) is 2.25. The SMILES string of the molecule is O=c1[nH]c(-c2cc(CBr)ccc2F)nc2ccccc12. The van der Waals surface area contributed by atoms with Crippen molar-refractivity contribution < 1.29 is 4.39 Å². The van der Waals surface area contributed by atoms with E-state index in [1.54, 1.807) is 36.4 Å². The molecule has 3 rings (SSSR count). The number of hydrogen-bond donors (Lipinski definition) is 1. The van der Waals surface area contributed by atoms with Gasteiger partial charge in [-0.1, -0.05) is 34.1 Å². The lowest BCUT2D eigenvalue weighted by Crippen LogP contribution is -2.10. The van der Waals surface area contributed by atoms with Gasteiger partial charge in [-0.3, -0.25) is 4.79 Å². The fourth-order valence-corrected chi connectivity index (χ4v) is 2.40. The van der Waals surface area contributed by atoms with Crippen LogP contribution in [-0.4, -0.2) is 9.97 Å². The molecule has 0 saturated heterocycles. The molecule has 0 amide bonds. The number of para-hydroxylation sites is 1. The van der Waals surface area contributed by atoms with Crippen LogP contribution in [0.4, 0.5) is 4.39 Å². The molecule has 0 saturated carbocycles. The molecule has 3 aromatic rings. The molecule has 1 N–H and O–H groups in total. The highest BCUT2D eigenvalue weighted by atomic mass is 79.9. The van der Waals surface area contributed by atoms with Gasteiger partial charge in [0.15, 0.2) is 0 Å². The van der Waals surface area contributed by atoms with Crippen LogP contribution in [0.1, 0.15) is 5.56 Å². The highest BCUT2D eigenvalue weighted by Gasteiger charge is 2.10. The van der Waals surface area contributed by atoms with Crippen molar-refractivity contribution in [2.45, 2.75) is 5.33 Å². The average molecular weight is 333 g/mol. The van der Waals surface area contributed by atoms with E-state index in [0.717, 1.165) is 5.56 Å². The Labute approximate surface area is 122 Å². The standard InChI is InChI=1S/C15H10BrFN2O/c16-8-9-5-6-12(17)11(7-9)14-18-13-4-2-1-3-10(13)15(20)19-14/h1-7H,8H2,(H,18,19,20). The van der Waals surface area contributed by atoms with Crippen molar-refractivity contribution in [2.24, 2.45) is 0 Å². The van der Waals surface area contributed by atoms with Crippen molar-refractivity contribution in [1.29, 1.82) is 0 Å². The largest absolute Gasteiger partial charge is 0.306 e. The Morgan fingerprint density at radius 3 is 2.80 bits per heavy atom. The van der Waals surface area contributed by atoms with Gasteiger partial charge in [0.1, 0.15) is 11.6 Å². The van der Waals surface area contributed by atoms with Crippen molar-refractivity contribution in [1.82, 2.24) is 9.97 Å². The number of halogens is 2. The van der Waals surface area contributed by atoms with Crippen molar-refractivity contribution >= 4 is 26.8 Å². The molecule has 1 heterocycles. The number of aromatic amines is 1. The monoisotopic (exact) mass is 332 g/mol. The molecule has 20 heavy (non-hydrogen) atoms. The first-order valence-corrected chi connectivity index (χ1v) is 7.15. The molecule has 0 radical (unpaired) electrons. The fourth-order valence-electron chi connectivity index (χ4n) is 2.05. The van der Waals surface area contributed by atoms with Crippen LogP contribution >= 0.6 is 15.9 Å². The zero-order chi connectivity index (χ0) is 14.1. The first kappa shape index (κ1) is 13.0. The zero-order valence-corrected chi connectivity index (χ0v) is 11.9. The van der Waals surface area contributed by atoms with Crippen LogP contribution < -0.4 is 5.56 Å². The highest BCUT2D eigenvalue weighted by Crippen LogP contribution is 2.22. The van der Waals surface area contributed by atoms with E-state index >= 15 is 0 Å². The lowest BCUT2D eigenvalue weighted by Gasteiger charge is -2.06. The molecule has 0 spiro atoms. The molecular formula is C15H10BrFN2O. The second-order valence-electron chi connectivity index (χ2n) is 4.38. The van der Waals surface area contributed by atoms with Crippen LogP contribution in [0.25, 0.3) is 22.3 Å². The minimum absolute atomic E-state index is 0.244. The number of fused-ring (bicyclic) bond motifs is 1. The van der Waals surface area contributed by atoms with Gasteiger partial charge >= 0.3 is 0 Å². The van der Waals surface area contributed by atoms with Crippen LogP contribution in [0, 0.1) is 5.82 Å². The summed E-state index contributed by atoms with van der Waals surface area (Å²) in [6, 6.07) is 11.7. The summed E-state index contributed by atoms with van der Waals surface area (Å²) in [5.74, 6) is -0.165. The first-order valence-electron chi connectivity index (χ1n) is 6.03. The summed E-state index contributed by atoms with van der Waals surface area (Å²) >= 11 is 3.33. The van der Waals surface area contributed by atoms with Crippen LogP contribution in [-0.2, 0) is 5.33 Å². The molecule has 0 unspecified atom stereocenters. The number of nitrogens with one attached hydrogen (secondary N) is 1. The van der Waals surface area contributed by atoms with E-state index in [4.69, 9.17) is 0 Å². The zero-order valence-electron chi connectivity index (χ0n) is 10.4. The van der Waals surface area contributed by atoms with Crippen molar-refractivity contribution in [2.75, 3.05) is 0 Å². The smallest absolute Gasteiger partial charge is 0.259 e. The predicted molar refractivity (Wildman–Crippen MR) is 80.4 cm³/mol. The molecule has 0 aliphatic heterocycles. The van der Waals surface area contributed by atoms with Crippen LogP contribution in [0.3, 0.4) is 0 Å². The van der Waals surface area contributed by atoms with E-state index in [2.05, 4.69) is 25.9 Å². The summed E-state index contributed by atoms with van der Waals surface area (Å²) in [5, 5.41) is 1.10. The third-order valence-electron chi connectivity index (χ3n) is 3.05. The van der Waals surface area contributed by atoms with Crippen molar-refractivity contribution in [3.63, 3.8) is 0 Å². The Morgan fingerprint density at radius 1 is 1.20 bits per heavy atom. The van der Waals surface area contributed by atoms with Crippen molar-refractivity contribution in [3.8, 4) is 11.4 Å². The summed E-state index contributed by atoms with van der Waals surface area (Å²) in [4.78, 5) is 19.0. The molecule has 5 heteroatoms. The lowest BCUT2D eigenvalue weighted by atomic mass is 10.1. The van der Waals surface area contributed by atoms with Gasteiger partial charge in [0, 0.05) is 5.33 Å². The van der Waals surface area contributed by atoms with Crippen LogP contribution in [0.2, 0.25) is 0 Å².